The second-order valence-corrected chi connectivity index (χ2v) is 12.2. The van der Waals surface area contributed by atoms with Crippen LogP contribution in [-0.4, -0.2) is 35.9 Å². The smallest absolute Gasteiger partial charge is 0.330 e. The highest BCUT2D eigenvalue weighted by Crippen LogP contribution is 2.42. The Kier molecular flexibility index (Phi) is 5.72. The van der Waals surface area contributed by atoms with E-state index in [1.165, 1.54) is 16.8 Å². The summed E-state index contributed by atoms with van der Waals surface area (Å²) in [5.74, 6) is -0.395. The number of nitrogens with zero attached hydrogens (tertiary/aromatic N) is 1. The van der Waals surface area contributed by atoms with Gasteiger partial charge in [0.1, 0.15) is 13.9 Å². The van der Waals surface area contributed by atoms with E-state index in [0.717, 1.165) is 0 Å². The highest BCUT2D eigenvalue weighted by Gasteiger charge is 2.44. The molecule has 1 unspecified atom stereocenters. The Morgan fingerprint density at radius 2 is 2.00 bits per heavy atom. The van der Waals surface area contributed by atoms with Crippen LogP contribution < -0.4 is 11.2 Å². The lowest BCUT2D eigenvalue weighted by molar-refractivity contribution is 0.0387. The molecule has 1 heterocycles. The van der Waals surface area contributed by atoms with Crippen molar-refractivity contribution in [1.82, 2.24) is 9.55 Å². The highest BCUT2D eigenvalue weighted by molar-refractivity contribution is 6.80. The molecule has 0 saturated heterocycles. The van der Waals surface area contributed by atoms with Crippen LogP contribution in [0.5, 0.6) is 0 Å². The zero-order chi connectivity index (χ0) is 16.3. The molecule has 0 aromatic carbocycles. The Hall–Kier alpha value is -1.18. The van der Waals surface area contributed by atoms with Gasteiger partial charge >= 0.3 is 5.69 Å². The van der Waals surface area contributed by atoms with Gasteiger partial charge in [-0.05, 0) is 11.5 Å². The molecule has 1 aromatic heterocycles. The van der Waals surface area contributed by atoms with Crippen LogP contribution in [0.1, 0.15) is 33.0 Å². The predicted molar refractivity (Wildman–Crippen MR) is 85.2 cm³/mol. The van der Waals surface area contributed by atoms with E-state index in [9.17, 15) is 9.59 Å². The van der Waals surface area contributed by atoms with Crippen molar-refractivity contribution in [3.8, 4) is 0 Å². The summed E-state index contributed by atoms with van der Waals surface area (Å²) in [7, 11) is -2.04. The molecular weight excluding hydrogens is 288 g/mol. The van der Waals surface area contributed by atoms with Crippen LogP contribution in [0.25, 0.3) is 0 Å². The Labute approximate surface area is 125 Å². The first-order valence-electron chi connectivity index (χ1n) is 7.15. The lowest BCUT2D eigenvalue weighted by atomic mass is 10.2. The van der Waals surface area contributed by atoms with Crippen LogP contribution in [0.3, 0.4) is 0 Å². The second kappa shape index (κ2) is 6.72. The van der Waals surface area contributed by atoms with Gasteiger partial charge in [0, 0.05) is 18.9 Å². The fourth-order valence-electron chi connectivity index (χ4n) is 1.88. The molecule has 1 aromatic rings. The maximum atomic E-state index is 12.1. The van der Waals surface area contributed by atoms with Gasteiger partial charge in [-0.2, -0.15) is 0 Å². The van der Waals surface area contributed by atoms with Crippen molar-refractivity contribution in [3.05, 3.63) is 33.1 Å². The number of hydrogen-bond acceptors (Lipinski definition) is 4. The van der Waals surface area contributed by atoms with Crippen LogP contribution in [0, 0.1) is 0 Å². The van der Waals surface area contributed by atoms with E-state index in [-0.39, 0.29) is 11.6 Å². The van der Waals surface area contributed by atoms with Crippen molar-refractivity contribution in [1.29, 1.82) is 0 Å². The third kappa shape index (κ3) is 4.15. The van der Waals surface area contributed by atoms with Gasteiger partial charge < -0.3 is 9.84 Å². The number of aromatic amines is 1. The Morgan fingerprint density at radius 1 is 1.38 bits per heavy atom. The van der Waals surface area contributed by atoms with Crippen LogP contribution in [-0.2, 0) is 4.74 Å². The maximum absolute atomic E-state index is 12.1. The van der Waals surface area contributed by atoms with Gasteiger partial charge in [-0.1, -0.05) is 33.9 Å². The zero-order valence-corrected chi connectivity index (χ0v) is 14.5. The maximum Gasteiger partial charge on any atom is 0.330 e. The number of H-pyrrole nitrogens is 1. The fourth-order valence-corrected chi connectivity index (χ4v) is 4.05. The SMILES string of the molecule is CC(C)(C)[Si](C)(C)C(OCCCO)n1ccc(=O)[nH]c1=O. The number of rotatable bonds is 6. The topological polar surface area (TPSA) is 84.3 Å². The summed E-state index contributed by atoms with van der Waals surface area (Å²) in [5, 5.41) is 8.93. The molecule has 0 saturated carbocycles. The third-order valence-corrected chi connectivity index (χ3v) is 9.78. The van der Waals surface area contributed by atoms with Crippen LogP contribution in [0.15, 0.2) is 21.9 Å². The summed E-state index contributed by atoms with van der Waals surface area (Å²) in [5.41, 5.74) is -0.873. The van der Waals surface area contributed by atoms with Crippen LogP contribution in [0.4, 0.5) is 0 Å². The summed E-state index contributed by atoms with van der Waals surface area (Å²) >= 11 is 0. The van der Waals surface area contributed by atoms with Gasteiger partial charge in [-0.25, -0.2) is 4.79 Å². The number of hydrogen-bond donors (Lipinski definition) is 2. The first kappa shape index (κ1) is 17.9. The molecule has 21 heavy (non-hydrogen) atoms. The first-order chi connectivity index (χ1) is 9.61. The van der Waals surface area contributed by atoms with Gasteiger partial charge in [0.2, 0.25) is 0 Å². The predicted octanol–water partition coefficient (Wildman–Crippen LogP) is 1.48. The van der Waals surface area contributed by atoms with Crippen molar-refractivity contribution in [2.75, 3.05) is 13.2 Å². The standard InChI is InChI=1S/C14H26N2O4Si/c1-14(2,3)21(4,5)13(20-10-6-9-17)16-8-7-11(18)15-12(16)19/h7-8,13,17H,6,9-10H2,1-5H3,(H,15,18,19). The summed E-state index contributed by atoms with van der Waals surface area (Å²) < 4.78 is 7.39. The summed E-state index contributed by atoms with van der Waals surface area (Å²) in [4.78, 5) is 25.6. The second-order valence-electron chi connectivity index (χ2n) is 6.79. The molecule has 0 aliphatic heterocycles. The molecule has 6 nitrogen and oxygen atoms in total. The van der Waals surface area contributed by atoms with Crippen molar-refractivity contribution < 1.29 is 9.84 Å². The Bertz CT molecular complexity index is 571. The van der Waals surface area contributed by atoms with E-state index >= 15 is 0 Å². The van der Waals surface area contributed by atoms with Gasteiger partial charge in [0.05, 0.1) is 6.61 Å². The van der Waals surface area contributed by atoms with E-state index in [4.69, 9.17) is 9.84 Å². The minimum absolute atomic E-state index is 0.00641. The number of nitrogens with one attached hydrogen (secondary N) is 1. The Morgan fingerprint density at radius 3 is 2.48 bits per heavy atom. The van der Waals surface area contributed by atoms with Gasteiger partial charge in [-0.3, -0.25) is 14.3 Å². The fraction of sp³-hybridized carbons (Fsp3) is 0.714. The molecule has 0 fully saturated rings. The monoisotopic (exact) mass is 314 g/mol. The molecule has 0 spiro atoms. The highest BCUT2D eigenvalue weighted by atomic mass is 28.3. The van der Waals surface area contributed by atoms with Gasteiger partial charge in [-0.15, -0.1) is 0 Å². The van der Waals surface area contributed by atoms with E-state index in [2.05, 4.69) is 38.8 Å². The quantitative estimate of drug-likeness (QED) is 0.615. The molecule has 2 N–H and O–H groups in total. The summed E-state index contributed by atoms with van der Waals surface area (Å²) in [6, 6.07) is 1.33. The normalized spacial score (nSPS) is 14.2. The molecule has 0 radical (unpaired) electrons. The average Bonchev–Trinajstić information content (AvgIpc) is 2.34. The molecule has 7 heteroatoms. The molecule has 0 aliphatic carbocycles. The molecule has 0 aliphatic rings. The number of ether oxygens (including phenoxy) is 1. The van der Waals surface area contributed by atoms with Crippen molar-refractivity contribution >= 4 is 8.07 Å². The number of aliphatic hydroxyl groups is 1. The van der Waals surface area contributed by atoms with Crippen molar-refractivity contribution in [2.24, 2.45) is 0 Å². The lowest BCUT2D eigenvalue weighted by Crippen LogP contribution is -2.51. The molecule has 1 rings (SSSR count). The minimum atomic E-state index is -2.04. The minimum Gasteiger partial charge on any atom is -0.396 e. The average molecular weight is 314 g/mol. The van der Waals surface area contributed by atoms with Gasteiger partial charge in [0.15, 0.2) is 0 Å². The van der Waals surface area contributed by atoms with E-state index in [1.54, 1.807) is 0 Å². The summed E-state index contributed by atoms with van der Waals surface area (Å²) in [6.07, 6.45) is 2.01. The number of aliphatic hydroxyl groups excluding tert-OH is 1. The van der Waals surface area contributed by atoms with E-state index < -0.39 is 25.2 Å². The van der Waals surface area contributed by atoms with Crippen LogP contribution in [0.2, 0.25) is 18.1 Å². The molecule has 120 valence electrons. The summed E-state index contributed by atoms with van der Waals surface area (Å²) in [6.45, 7) is 11.2. The van der Waals surface area contributed by atoms with E-state index in [0.29, 0.717) is 13.0 Å². The first-order valence-corrected chi connectivity index (χ1v) is 10.2. The van der Waals surface area contributed by atoms with Crippen molar-refractivity contribution in [3.63, 3.8) is 0 Å². The van der Waals surface area contributed by atoms with Crippen molar-refractivity contribution in [2.45, 2.75) is 51.2 Å². The molecular formula is C14H26N2O4Si. The van der Waals surface area contributed by atoms with Gasteiger partial charge in [0.25, 0.3) is 5.56 Å². The third-order valence-electron chi connectivity index (χ3n) is 4.23. The lowest BCUT2D eigenvalue weighted by Gasteiger charge is -2.43. The Balaban J connectivity index is 3.25. The zero-order valence-electron chi connectivity index (χ0n) is 13.5. The molecule has 0 amide bonds. The molecule has 1 atom stereocenters. The largest absolute Gasteiger partial charge is 0.396 e. The number of aromatic nitrogens is 2. The van der Waals surface area contributed by atoms with Crippen LogP contribution >= 0.6 is 0 Å². The van der Waals surface area contributed by atoms with E-state index in [1.807, 2.05) is 0 Å². The molecule has 0 bridgehead atoms.